The van der Waals surface area contributed by atoms with Crippen LogP contribution in [0, 0.1) is 6.92 Å². The molecule has 0 radical (unpaired) electrons. The smallest absolute Gasteiger partial charge is 0.255 e. The molecule has 3 rings (SSSR count). The van der Waals surface area contributed by atoms with Crippen molar-refractivity contribution in [3.63, 3.8) is 0 Å². The lowest BCUT2D eigenvalue weighted by atomic mass is 10.1. The van der Waals surface area contributed by atoms with Gasteiger partial charge in [0, 0.05) is 34.4 Å². The number of aryl methyl sites for hydroxylation is 1. The summed E-state index contributed by atoms with van der Waals surface area (Å²) in [5.41, 5.74) is 1.43. The van der Waals surface area contributed by atoms with Crippen molar-refractivity contribution in [2.24, 2.45) is 0 Å². The fraction of sp³-hybridized carbons (Fsp3) is 0.278. The summed E-state index contributed by atoms with van der Waals surface area (Å²) in [5, 5.41) is 3.41. The number of morpholine rings is 1. The second-order valence-electron chi connectivity index (χ2n) is 6.11. The molecular formula is C18H18Cl2N2O4S. The largest absolute Gasteiger partial charge is 0.379 e. The van der Waals surface area contributed by atoms with Gasteiger partial charge in [-0.15, -0.1) is 0 Å². The summed E-state index contributed by atoms with van der Waals surface area (Å²) in [6.07, 6.45) is 0. The van der Waals surface area contributed by atoms with Crippen LogP contribution in [0.3, 0.4) is 0 Å². The molecule has 1 aliphatic heterocycles. The third-order valence-corrected chi connectivity index (χ3v) is 6.52. The monoisotopic (exact) mass is 428 g/mol. The van der Waals surface area contributed by atoms with E-state index in [1.54, 1.807) is 13.0 Å². The molecule has 27 heavy (non-hydrogen) atoms. The number of ether oxygens (including phenoxy) is 1. The summed E-state index contributed by atoms with van der Waals surface area (Å²) in [7, 11) is -3.66. The molecule has 1 heterocycles. The van der Waals surface area contributed by atoms with Gasteiger partial charge in [0.25, 0.3) is 5.91 Å². The van der Waals surface area contributed by atoms with Crippen LogP contribution in [0.1, 0.15) is 15.9 Å². The average molecular weight is 429 g/mol. The Kier molecular flexibility index (Phi) is 6.08. The molecule has 0 aromatic heterocycles. The molecule has 9 heteroatoms. The first kappa shape index (κ1) is 20.1. The molecule has 1 amide bonds. The number of hydrogen-bond donors (Lipinski definition) is 1. The Morgan fingerprint density at radius 1 is 1.07 bits per heavy atom. The van der Waals surface area contributed by atoms with Gasteiger partial charge in [0.05, 0.1) is 18.1 Å². The van der Waals surface area contributed by atoms with Crippen molar-refractivity contribution in [2.45, 2.75) is 11.8 Å². The molecule has 0 unspecified atom stereocenters. The SMILES string of the molecule is Cc1ccc(S(=O)(=O)N2CCOCC2)cc1NC(=O)c1cc(Cl)cc(Cl)c1. The zero-order valence-electron chi connectivity index (χ0n) is 14.5. The Balaban J connectivity index is 1.88. The van der Waals surface area contributed by atoms with Gasteiger partial charge in [-0.1, -0.05) is 29.3 Å². The number of sulfonamides is 1. The molecular weight excluding hydrogens is 411 g/mol. The van der Waals surface area contributed by atoms with E-state index in [2.05, 4.69) is 5.32 Å². The Hall–Kier alpha value is -1.64. The number of nitrogens with one attached hydrogen (secondary N) is 1. The molecule has 1 fully saturated rings. The number of benzene rings is 2. The number of amides is 1. The molecule has 2 aromatic rings. The molecule has 6 nitrogen and oxygen atoms in total. The molecule has 0 atom stereocenters. The van der Waals surface area contributed by atoms with E-state index in [1.165, 1.54) is 34.6 Å². The van der Waals surface area contributed by atoms with Gasteiger partial charge >= 0.3 is 0 Å². The minimum atomic E-state index is -3.66. The van der Waals surface area contributed by atoms with Crippen molar-refractivity contribution in [3.8, 4) is 0 Å². The lowest BCUT2D eigenvalue weighted by molar-refractivity contribution is 0.0730. The standard InChI is InChI=1S/C18H18Cl2N2O4S/c1-12-2-3-16(27(24,25)22-4-6-26-7-5-22)11-17(12)21-18(23)13-8-14(19)10-15(20)9-13/h2-3,8-11H,4-7H2,1H3,(H,21,23). The van der Waals surface area contributed by atoms with Gasteiger partial charge in [-0.25, -0.2) is 8.42 Å². The van der Waals surface area contributed by atoms with Crippen LogP contribution in [0.2, 0.25) is 10.0 Å². The fourth-order valence-electron chi connectivity index (χ4n) is 2.71. The first-order chi connectivity index (χ1) is 12.8. The van der Waals surface area contributed by atoms with Gasteiger partial charge in [0.1, 0.15) is 0 Å². The molecule has 0 spiro atoms. The summed E-state index contributed by atoms with van der Waals surface area (Å²) < 4.78 is 32.2. The van der Waals surface area contributed by atoms with Gasteiger partial charge in [-0.2, -0.15) is 4.31 Å². The average Bonchev–Trinajstić information content (AvgIpc) is 2.63. The van der Waals surface area contributed by atoms with Crippen LogP contribution < -0.4 is 5.32 Å². The Labute approximate surface area is 168 Å². The number of carbonyl (C=O) groups is 1. The Morgan fingerprint density at radius 2 is 1.70 bits per heavy atom. The maximum absolute atomic E-state index is 12.8. The van der Waals surface area contributed by atoms with Crippen LogP contribution in [-0.4, -0.2) is 44.9 Å². The fourth-order valence-corrected chi connectivity index (χ4v) is 4.67. The van der Waals surface area contributed by atoms with Crippen LogP contribution in [0.15, 0.2) is 41.3 Å². The number of nitrogens with zero attached hydrogens (tertiary/aromatic N) is 1. The van der Waals surface area contributed by atoms with E-state index >= 15 is 0 Å². The third-order valence-electron chi connectivity index (χ3n) is 4.19. The minimum absolute atomic E-state index is 0.120. The van der Waals surface area contributed by atoms with Gasteiger partial charge in [0.15, 0.2) is 0 Å². The molecule has 1 N–H and O–H groups in total. The lowest BCUT2D eigenvalue weighted by Crippen LogP contribution is -2.40. The zero-order chi connectivity index (χ0) is 19.6. The van der Waals surface area contributed by atoms with Crippen LogP contribution in [0.4, 0.5) is 5.69 Å². The Morgan fingerprint density at radius 3 is 2.33 bits per heavy atom. The predicted molar refractivity (Wildman–Crippen MR) is 105 cm³/mol. The highest BCUT2D eigenvalue weighted by atomic mass is 35.5. The zero-order valence-corrected chi connectivity index (χ0v) is 16.9. The maximum Gasteiger partial charge on any atom is 0.255 e. The van der Waals surface area contributed by atoms with Crippen LogP contribution in [-0.2, 0) is 14.8 Å². The normalized spacial score (nSPS) is 15.5. The van der Waals surface area contributed by atoms with Crippen molar-refractivity contribution in [1.29, 1.82) is 0 Å². The molecule has 0 bridgehead atoms. The summed E-state index contributed by atoms with van der Waals surface area (Å²) >= 11 is 11.9. The van der Waals surface area contributed by atoms with E-state index in [0.29, 0.717) is 42.0 Å². The summed E-state index contributed by atoms with van der Waals surface area (Å²) in [5.74, 6) is -0.427. The van der Waals surface area contributed by atoms with Crippen LogP contribution in [0.5, 0.6) is 0 Å². The van der Waals surface area contributed by atoms with Crippen LogP contribution >= 0.6 is 23.2 Å². The topological polar surface area (TPSA) is 75.7 Å². The summed E-state index contributed by atoms with van der Waals surface area (Å²) in [4.78, 5) is 12.6. The van der Waals surface area contributed by atoms with E-state index in [1.807, 2.05) is 0 Å². The van der Waals surface area contributed by atoms with E-state index < -0.39 is 15.9 Å². The first-order valence-corrected chi connectivity index (χ1v) is 10.4. The molecule has 1 saturated heterocycles. The quantitative estimate of drug-likeness (QED) is 0.807. The highest BCUT2D eigenvalue weighted by Crippen LogP contribution is 2.25. The van der Waals surface area contributed by atoms with E-state index in [-0.39, 0.29) is 10.5 Å². The first-order valence-electron chi connectivity index (χ1n) is 8.23. The molecule has 1 aliphatic rings. The van der Waals surface area contributed by atoms with Crippen molar-refractivity contribution < 1.29 is 17.9 Å². The molecule has 2 aromatic carbocycles. The number of rotatable bonds is 4. The van der Waals surface area contributed by atoms with Crippen molar-refractivity contribution in [1.82, 2.24) is 4.31 Å². The second-order valence-corrected chi connectivity index (χ2v) is 8.92. The van der Waals surface area contributed by atoms with E-state index in [4.69, 9.17) is 27.9 Å². The Bertz CT molecular complexity index is 953. The van der Waals surface area contributed by atoms with E-state index in [0.717, 1.165) is 5.56 Å². The number of halogens is 2. The number of anilines is 1. The van der Waals surface area contributed by atoms with Gasteiger partial charge < -0.3 is 10.1 Å². The summed E-state index contributed by atoms with van der Waals surface area (Å²) in [6, 6.07) is 9.17. The lowest BCUT2D eigenvalue weighted by Gasteiger charge is -2.26. The highest BCUT2D eigenvalue weighted by molar-refractivity contribution is 7.89. The minimum Gasteiger partial charge on any atom is -0.379 e. The van der Waals surface area contributed by atoms with Gasteiger partial charge in [-0.05, 0) is 42.8 Å². The molecule has 0 saturated carbocycles. The van der Waals surface area contributed by atoms with Gasteiger partial charge in [-0.3, -0.25) is 4.79 Å². The summed E-state index contributed by atoms with van der Waals surface area (Å²) in [6.45, 7) is 3.12. The third kappa shape index (κ3) is 4.62. The van der Waals surface area contributed by atoms with E-state index in [9.17, 15) is 13.2 Å². The number of carbonyl (C=O) groups excluding carboxylic acids is 1. The van der Waals surface area contributed by atoms with Gasteiger partial charge in [0.2, 0.25) is 10.0 Å². The second kappa shape index (κ2) is 8.16. The number of hydrogen-bond acceptors (Lipinski definition) is 4. The van der Waals surface area contributed by atoms with Crippen molar-refractivity contribution in [2.75, 3.05) is 31.6 Å². The highest BCUT2D eigenvalue weighted by Gasteiger charge is 2.27. The van der Waals surface area contributed by atoms with Crippen molar-refractivity contribution in [3.05, 3.63) is 57.6 Å². The molecule has 0 aliphatic carbocycles. The molecule has 144 valence electrons. The predicted octanol–water partition coefficient (Wildman–Crippen LogP) is 3.58. The maximum atomic E-state index is 12.8. The van der Waals surface area contributed by atoms with Crippen LogP contribution in [0.25, 0.3) is 0 Å². The van der Waals surface area contributed by atoms with Crippen molar-refractivity contribution >= 4 is 44.8 Å².